The van der Waals surface area contributed by atoms with Gasteiger partial charge in [-0.1, -0.05) is 30.3 Å². The van der Waals surface area contributed by atoms with E-state index in [4.69, 9.17) is 4.98 Å². The van der Waals surface area contributed by atoms with E-state index >= 15 is 0 Å². The highest BCUT2D eigenvalue weighted by atomic mass is 16.2. The van der Waals surface area contributed by atoms with Gasteiger partial charge in [-0.2, -0.15) is 5.10 Å². The van der Waals surface area contributed by atoms with Crippen molar-refractivity contribution >= 4 is 28.6 Å². The lowest BCUT2D eigenvalue weighted by atomic mass is 9.99. The standard InChI is InChI=1S/C33H38N8O4/c1-22-35-30-27(19-23-9-4-3-5-10-23)36-31(43)28-11-6-7-16-40(28)29(42)12-8-15-39(17-18-41(30)37-22)32(44)24-13-14-25-26(20-24)34-21-38(2)33(25)45/h3-5,9-10,13-14,20-21,27-28H,6-8,11-12,15-19H2,1-2H3,(H,36,43)/t27-,28+/m1/s1. The van der Waals surface area contributed by atoms with E-state index in [2.05, 4.69) is 15.4 Å². The minimum Gasteiger partial charge on any atom is -0.344 e. The average Bonchev–Trinajstić information content (AvgIpc) is 3.43. The summed E-state index contributed by atoms with van der Waals surface area (Å²) in [6.07, 6.45) is 4.93. The Balaban J connectivity index is 1.34. The summed E-state index contributed by atoms with van der Waals surface area (Å²) in [7, 11) is 1.64. The molecule has 45 heavy (non-hydrogen) atoms. The summed E-state index contributed by atoms with van der Waals surface area (Å²) in [5.41, 5.74) is 1.71. The average molecular weight is 611 g/mol. The molecule has 4 aromatic rings. The minimum absolute atomic E-state index is 0.0799. The normalized spacial score (nSPS) is 19.9. The Morgan fingerprint density at radius 1 is 0.978 bits per heavy atom. The molecule has 4 heterocycles. The first-order chi connectivity index (χ1) is 21.8. The number of hydrogen-bond donors (Lipinski definition) is 1. The van der Waals surface area contributed by atoms with Crippen LogP contribution in [0.2, 0.25) is 0 Å². The molecule has 2 aliphatic rings. The number of rotatable bonds is 3. The van der Waals surface area contributed by atoms with Gasteiger partial charge in [0.25, 0.3) is 11.5 Å². The number of aryl methyl sites for hydroxylation is 2. The lowest BCUT2D eigenvalue weighted by molar-refractivity contribution is -0.142. The van der Waals surface area contributed by atoms with Crippen molar-refractivity contribution in [2.45, 2.75) is 64.1 Å². The van der Waals surface area contributed by atoms with Gasteiger partial charge in [0.1, 0.15) is 17.7 Å². The first kappa shape index (κ1) is 30.2. The maximum absolute atomic E-state index is 13.9. The number of benzene rings is 2. The zero-order valence-corrected chi connectivity index (χ0v) is 25.7. The molecule has 234 valence electrons. The van der Waals surface area contributed by atoms with Crippen molar-refractivity contribution in [2.75, 3.05) is 19.6 Å². The van der Waals surface area contributed by atoms with Crippen LogP contribution >= 0.6 is 0 Å². The Labute approximate surface area is 261 Å². The van der Waals surface area contributed by atoms with Gasteiger partial charge in [-0.3, -0.25) is 19.2 Å². The molecule has 2 aliphatic heterocycles. The molecule has 12 nitrogen and oxygen atoms in total. The number of carbonyl (C=O) groups excluding carboxylic acids is 3. The molecule has 2 aromatic carbocycles. The van der Waals surface area contributed by atoms with Crippen LogP contribution in [-0.2, 0) is 29.6 Å². The van der Waals surface area contributed by atoms with Gasteiger partial charge >= 0.3 is 0 Å². The van der Waals surface area contributed by atoms with E-state index in [0.717, 1.165) is 18.4 Å². The molecule has 12 heteroatoms. The second kappa shape index (κ2) is 13.0. The van der Waals surface area contributed by atoms with E-state index in [9.17, 15) is 19.2 Å². The number of fused-ring (bicyclic) bond motifs is 3. The molecular formula is C33H38N8O4. The quantitative estimate of drug-likeness (QED) is 0.377. The van der Waals surface area contributed by atoms with Crippen LogP contribution in [0, 0.1) is 6.92 Å². The van der Waals surface area contributed by atoms with E-state index in [1.807, 2.05) is 37.3 Å². The molecule has 6 rings (SSSR count). The molecular weight excluding hydrogens is 572 g/mol. The van der Waals surface area contributed by atoms with Crippen LogP contribution in [0.5, 0.6) is 0 Å². The molecule has 3 amide bonds. The topological polar surface area (TPSA) is 135 Å². The number of piperidine rings is 1. The summed E-state index contributed by atoms with van der Waals surface area (Å²) in [6.45, 7) is 3.34. The zero-order valence-electron chi connectivity index (χ0n) is 25.7. The van der Waals surface area contributed by atoms with Crippen molar-refractivity contribution in [1.82, 2.24) is 39.4 Å². The second-order valence-corrected chi connectivity index (χ2v) is 11.9. The smallest absolute Gasteiger partial charge is 0.260 e. The number of nitrogens with zero attached hydrogens (tertiary/aromatic N) is 7. The lowest BCUT2D eigenvalue weighted by Crippen LogP contribution is -2.53. The molecule has 2 aromatic heterocycles. The zero-order chi connectivity index (χ0) is 31.5. The summed E-state index contributed by atoms with van der Waals surface area (Å²) >= 11 is 0. The van der Waals surface area contributed by atoms with Crippen molar-refractivity contribution in [1.29, 1.82) is 0 Å². The number of nitrogens with one attached hydrogen (secondary N) is 1. The van der Waals surface area contributed by atoms with Crippen molar-refractivity contribution in [3.05, 3.63) is 88.0 Å². The maximum atomic E-state index is 13.9. The monoisotopic (exact) mass is 610 g/mol. The van der Waals surface area contributed by atoms with Gasteiger partial charge in [0.05, 0.1) is 29.8 Å². The lowest BCUT2D eigenvalue weighted by Gasteiger charge is -2.36. The van der Waals surface area contributed by atoms with Crippen LogP contribution in [0.1, 0.15) is 65.7 Å². The van der Waals surface area contributed by atoms with E-state index in [1.165, 1.54) is 10.9 Å². The minimum atomic E-state index is -0.555. The molecule has 0 aliphatic carbocycles. The molecule has 1 saturated heterocycles. The molecule has 2 atom stereocenters. The maximum Gasteiger partial charge on any atom is 0.260 e. The van der Waals surface area contributed by atoms with Gasteiger partial charge in [-0.15, -0.1) is 0 Å². The molecule has 0 spiro atoms. The third-order valence-electron chi connectivity index (χ3n) is 8.70. The van der Waals surface area contributed by atoms with E-state index in [0.29, 0.717) is 73.6 Å². The number of carbonyl (C=O) groups is 3. The Kier molecular flexibility index (Phi) is 8.72. The molecule has 0 saturated carbocycles. The SMILES string of the molecule is Cc1nc2n(n1)CCN(C(=O)c1ccc3c(=O)n(C)cnc3c1)CCCC(=O)N1CCCC[C@H]1C(=O)N[C@@H]2Cc1ccccc1. The third kappa shape index (κ3) is 6.50. The van der Waals surface area contributed by atoms with Crippen LogP contribution in [0.3, 0.4) is 0 Å². The Morgan fingerprint density at radius 2 is 1.80 bits per heavy atom. The number of amides is 3. The Hall–Kier alpha value is -4.87. The highest BCUT2D eigenvalue weighted by Crippen LogP contribution is 2.23. The first-order valence-corrected chi connectivity index (χ1v) is 15.6. The van der Waals surface area contributed by atoms with Crippen molar-refractivity contribution in [2.24, 2.45) is 7.05 Å². The fraction of sp³-hybridized carbons (Fsp3) is 0.424. The van der Waals surface area contributed by atoms with E-state index in [1.54, 1.807) is 39.7 Å². The summed E-state index contributed by atoms with van der Waals surface area (Å²) in [5, 5.41) is 8.32. The molecule has 0 radical (unpaired) electrons. The molecule has 0 bridgehead atoms. The van der Waals surface area contributed by atoms with Crippen LogP contribution in [0.4, 0.5) is 0 Å². The summed E-state index contributed by atoms with van der Waals surface area (Å²) in [4.78, 5) is 66.2. The highest BCUT2D eigenvalue weighted by molar-refractivity contribution is 5.97. The molecule has 0 unspecified atom stereocenters. The van der Waals surface area contributed by atoms with Gasteiger partial charge in [0.15, 0.2) is 0 Å². The fourth-order valence-corrected chi connectivity index (χ4v) is 6.34. The van der Waals surface area contributed by atoms with E-state index in [-0.39, 0.29) is 29.7 Å². The van der Waals surface area contributed by atoms with Gasteiger partial charge in [-0.25, -0.2) is 14.6 Å². The summed E-state index contributed by atoms with van der Waals surface area (Å²) in [5.74, 6) is 0.695. The Morgan fingerprint density at radius 3 is 2.62 bits per heavy atom. The highest BCUT2D eigenvalue weighted by Gasteiger charge is 2.34. The van der Waals surface area contributed by atoms with Crippen LogP contribution in [-0.4, -0.2) is 77.5 Å². The van der Waals surface area contributed by atoms with E-state index < -0.39 is 12.1 Å². The predicted octanol–water partition coefficient (Wildman–Crippen LogP) is 2.55. The van der Waals surface area contributed by atoms with Crippen LogP contribution in [0.25, 0.3) is 10.9 Å². The first-order valence-electron chi connectivity index (χ1n) is 15.6. The van der Waals surface area contributed by atoms with Crippen molar-refractivity contribution in [3.8, 4) is 0 Å². The second-order valence-electron chi connectivity index (χ2n) is 11.9. The van der Waals surface area contributed by atoms with Crippen molar-refractivity contribution in [3.63, 3.8) is 0 Å². The summed E-state index contributed by atoms with van der Waals surface area (Å²) in [6, 6.07) is 13.8. The number of aromatic nitrogens is 5. The third-order valence-corrected chi connectivity index (χ3v) is 8.70. The largest absolute Gasteiger partial charge is 0.344 e. The van der Waals surface area contributed by atoms with Crippen LogP contribution in [0.15, 0.2) is 59.7 Å². The number of hydrogen-bond acceptors (Lipinski definition) is 7. The van der Waals surface area contributed by atoms with Gasteiger partial charge < -0.3 is 19.7 Å². The molecule has 1 fully saturated rings. The molecule has 1 N–H and O–H groups in total. The fourth-order valence-electron chi connectivity index (χ4n) is 6.34. The van der Waals surface area contributed by atoms with Gasteiger partial charge in [-0.05, 0) is 62.8 Å². The van der Waals surface area contributed by atoms with Gasteiger partial charge in [0.2, 0.25) is 11.8 Å². The van der Waals surface area contributed by atoms with Crippen molar-refractivity contribution < 1.29 is 14.4 Å². The van der Waals surface area contributed by atoms with Gasteiger partial charge in [0, 0.05) is 38.7 Å². The summed E-state index contributed by atoms with van der Waals surface area (Å²) < 4.78 is 3.19. The predicted molar refractivity (Wildman–Crippen MR) is 167 cm³/mol. The Bertz CT molecular complexity index is 1780. The van der Waals surface area contributed by atoms with Crippen LogP contribution < -0.4 is 10.9 Å².